The number of amides is 1. The summed E-state index contributed by atoms with van der Waals surface area (Å²) in [5.41, 5.74) is 5.01. The smallest absolute Gasteiger partial charge is 0.260 e. The van der Waals surface area contributed by atoms with Crippen molar-refractivity contribution < 1.29 is 13.2 Å². The van der Waals surface area contributed by atoms with E-state index in [0.717, 1.165) is 21.7 Å². The number of benzene rings is 2. The Bertz CT molecular complexity index is 922. The molecule has 0 fully saturated rings. The Morgan fingerprint density at radius 2 is 1.77 bits per heavy atom. The van der Waals surface area contributed by atoms with Crippen molar-refractivity contribution in [1.29, 1.82) is 0 Å². The lowest BCUT2D eigenvalue weighted by atomic mass is 10.1. The minimum Gasteiger partial charge on any atom is -0.271 e. The number of hydrogen-bond acceptors (Lipinski definition) is 4. The van der Waals surface area contributed by atoms with E-state index in [1.54, 1.807) is 50.2 Å². The fourth-order valence-electron chi connectivity index (χ4n) is 2.48. The van der Waals surface area contributed by atoms with E-state index in [2.05, 4.69) is 10.5 Å². The van der Waals surface area contributed by atoms with Crippen molar-refractivity contribution in [3.8, 4) is 0 Å². The lowest BCUT2D eigenvalue weighted by Gasteiger charge is -2.25. The number of rotatable bonds is 6. The van der Waals surface area contributed by atoms with Gasteiger partial charge < -0.3 is 0 Å². The zero-order valence-electron chi connectivity index (χ0n) is 14.7. The number of hydrogen-bond donors (Lipinski definition) is 1. The van der Waals surface area contributed by atoms with Gasteiger partial charge in [0.2, 0.25) is 10.0 Å². The van der Waals surface area contributed by atoms with Gasteiger partial charge in [0.15, 0.2) is 0 Å². The topological polar surface area (TPSA) is 78.8 Å². The van der Waals surface area contributed by atoms with Crippen LogP contribution in [0.15, 0.2) is 47.6 Å². The van der Waals surface area contributed by atoms with Gasteiger partial charge in [0.25, 0.3) is 5.91 Å². The predicted octanol–water partition coefficient (Wildman–Crippen LogP) is 2.87. The first-order valence-corrected chi connectivity index (χ1v) is 10.0. The maximum atomic E-state index is 12.2. The van der Waals surface area contributed by atoms with Gasteiger partial charge in [-0.1, -0.05) is 48.0 Å². The lowest BCUT2D eigenvalue weighted by molar-refractivity contribution is -0.119. The quantitative estimate of drug-likeness (QED) is 0.605. The van der Waals surface area contributed by atoms with Gasteiger partial charge in [0, 0.05) is 10.6 Å². The molecule has 0 aliphatic heterocycles. The Morgan fingerprint density at radius 1 is 1.15 bits per heavy atom. The van der Waals surface area contributed by atoms with E-state index in [-0.39, 0.29) is 6.54 Å². The Hall–Kier alpha value is -2.38. The summed E-state index contributed by atoms with van der Waals surface area (Å²) >= 11 is 6.01. The third-order valence-corrected chi connectivity index (χ3v) is 5.13. The summed E-state index contributed by atoms with van der Waals surface area (Å²) in [5, 5.41) is 4.34. The molecule has 0 aromatic heterocycles. The molecule has 0 heterocycles. The molecule has 0 atom stereocenters. The molecule has 26 heavy (non-hydrogen) atoms. The second kappa shape index (κ2) is 8.33. The van der Waals surface area contributed by atoms with E-state index in [1.807, 2.05) is 6.07 Å². The molecule has 6 nitrogen and oxygen atoms in total. The van der Waals surface area contributed by atoms with Gasteiger partial charge in [-0.25, -0.2) is 13.8 Å². The van der Waals surface area contributed by atoms with Crippen LogP contribution in [0.4, 0.5) is 5.69 Å². The molecule has 0 aliphatic rings. The van der Waals surface area contributed by atoms with Crippen molar-refractivity contribution in [3.63, 3.8) is 0 Å². The van der Waals surface area contributed by atoms with Crippen molar-refractivity contribution in [2.24, 2.45) is 5.10 Å². The first kappa shape index (κ1) is 19.9. The number of para-hydroxylation sites is 1. The first-order chi connectivity index (χ1) is 12.2. The SMILES string of the molecule is Cc1cccc(C)c1N(CC(=O)N/N=C\c1ccccc1Cl)S(C)(=O)=O. The molecule has 2 rings (SSSR count). The molecule has 2 aromatic carbocycles. The molecular weight excluding hydrogens is 374 g/mol. The first-order valence-electron chi connectivity index (χ1n) is 7.80. The zero-order valence-corrected chi connectivity index (χ0v) is 16.3. The number of nitrogens with one attached hydrogen (secondary N) is 1. The molecule has 138 valence electrons. The van der Waals surface area contributed by atoms with Crippen LogP contribution in [0.5, 0.6) is 0 Å². The van der Waals surface area contributed by atoms with Gasteiger partial charge in [-0.05, 0) is 31.0 Å². The maximum Gasteiger partial charge on any atom is 0.260 e. The highest BCUT2D eigenvalue weighted by Gasteiger charge is 2.23. The molecule has 0 unspecified atom stereocenters. The largest absolute Gasteiger partial charge is 0.271 e. The van der Waals surface area contributed by atoms with Crippen LogP contribution in [-0.2, 0) is 14.8 Å². The van der Waals surface area contributed by atoms with E-state index >= 15 is 0 Å². The molecule has 1 N–H and O–H groups in total. The number of halogens is 1. The van der Waals surface area contributed by atoms with Crippen molar-refractivity contribution in [2.45, 2.75) is 13.8 Å². The summed E-state index contributed by atoms with van der Waals surface area (Å²) < 4.78 is 25.5. The minimum atomic E-state index is -3.64. The molecule has 0 bridgehead atoms. The highest BCUT2D eigenvalue weighted by molar-refractivity contribution is 7.92. The Labute approximate surface area is 158 Å². The molecular formula is C18H20ClN3O3S. The number of carbonyl (C=O) groups is 1. The van der Waals surface area contributed by atoms with Crippen LogP contribution in [0.2, 0.25) is 5.02 Å². The number of anilines is 1. The Morgan fingerprint density at radius 3 is 2.35 bits per heavy atom. The summed E-state index contributed by atoms with van der Waals surface area (Å²) in [6.45, 7) is 3.23. The number of aryl methyl sites for hydroxylation is 2. The predicted molar refractivity (Wildman–Crippen MR) is 105 cm³/mol. The van der Waals surface area contributed by atoms with Crippen LogP contribution >= 0.6 is 11.6 Å². The van der Waals surface area contributed by atoms with Gasteiger partial charge in [0.05, 0.1) is 18.2 Å². The Kier molecular flexibility index (Phi) is 6.39. The molecule has 0 spiro atoms. The van der Waals surface area contributed by atoms with Crippen LogP contribution < -0.4 is 9.73 Å². The molecule has 0 saturated carbocycles. The van der Waals surface area contributed by atoms with E-state index in [1.165, 1.54) is 6.21 Å². The van der Waals surface area contributed by atoms with E-state index in [4.69, 9.17) is 11.6 Å². The van der Waals surface area contributed by atoms with Gasteiger partial charge >= 0.3 is 0 Å². The minimum absolute atomic E-state index is 0.371. The second-order valence-electron chi connectivity index (χ2n) is 5.82. The van der Waals surface area contributed by atoms with Crippen molar-refractivity contribution >= 4 is 39.4 Å². The van der Waals surface area contributed by atoms with Crippen molar-refractivity contribution in [2.75, 3.05) is 17.1 Å². The van der Waals surface area contributed by atoms with Crippen molar-refractivity contribution in [3.05, 3.63) is 64.2 Å². The van der Waals surface area contributed by atoms with Crippen LogP contribution in [0.3, 0.4) is 0 Å². The van der Waals surface area contributed by atoms with Gasteiger partial charge in [0.1, 0.15) is 6.54 Å². The Balaban J connectivity index is 2.17. The summed E-state index contributed by atoms with van der Waals surface area (Å²) in [5.74, 6) is -0.554. The lowest BCUT2D eigenvalue weighted by Crippen LogP contribution is -2.39. The molecule has 8 heteroatoms. The van der Waals surface area contributed by atoms with E-state index in [0.29, 0.717) is 16.3 Å². The molecule has 0 aliphatic carbocycles. The maximum absolute atomic E-state index is 12.2. The van der Waals surface area contributed by atoms with Crippen molar-refractivity contribution in [1.82, 2.24) is 5.43 Å². The molecule has 0 radical (unpaired) electrons. The monoisotopic (exact) mass is 393 g/mol. The number of hydrazone groups is 1. The van der Waals surface area contributed by atoms with Crippen LogP contribution in [0.1, 0.15) is 16.7 Å². The van der Waals surface area contributed by atoms with Gasteiger partial charge in [-0.3, -0.25) is 9.10 Å². The third-order valence-electron chi connectivity index (χ3n) is 3.67. The van der Waals surface area contributed by atoms with E-state index < -0.39 is 15.9 Å². The number of carbonyl (C=O) groups excluding carboxylic acids is 1. The highest BCUT2D eigenvalue weighted by atomic mass is 35.5. The number of sulfonamides is 1. The summed E-state index contributed by atoms with van der Waals surface area (Å²) in [6, 6.07) is 12.5. The normalized spacial score (nSPS) is 11.5. The third kappa shape index (κ3) is 5.06. The number of nitrogens with zero attached hydrogens (tertiary/aromatic N) is 2. The van der Waals surface area contributed by atoms with Gasteiger partial charge in [-0.2, -0.15) is 5.10 Å². The highest BCUT2D eigenvalue weighted by Crippen LogP contribution is 2.26. The summed E-state index contributed by atoms with van der Waals surface area (Å²) in [4.78, 5) is 12.2. The molecule has 1 amide bonds. The van der Waals surface area contributed by atoms with Crippen LogP contribution in [0, 0.1) is 13.8 Å². The fraction of sp³-hybridized carbons (Fsp3) is 0.222. The molecule has 2 aromatic rings. The standard InChI is InChI=1S/C18H20ClN3O3S/c1-13-7-6-8-14(2)18(13)22(26(3,24)25)12-17(23)21-20-11-15-9-4-5-10-16(15)19/h4-11H,12H2,1-3H3,(H,21,23)/b20-11-. The summed E-state index contributed by atoms with van der Waals surface area (Å²) in [7, 11) is -3.64. The summed E-state index contributed by atoms with van der Waals surface area (Å²) in [6.07, 6.45) is 2.48. The second-order valence-corrected chi connectivity index (χ2v) is 8.14. The van der Waals surface area contributed by atoms with E-state index in [9.17, 15) is 13.2 Å². The van der Waals surface area contributed by atoms with Crippen LogP contribution in [0.25, 0.3) is 0 Å². The fourth-order valence-corrected chi connectivity index (χ4v) is 3.64. The average molecular weight is 394 g/mol. The van der Waals surface area contributed by atoms with Gasteiger partial charge in [-0.15, -0.1) is 0 Å². The zero-order chi connectivity index (χ0) is 19.3. The average Bonchev–Trinajstić information content (AvgIpc) is 2.54. The van der Waals surface area contributed by atoms with Crippen LogP contribution in [-0.4, -0.2) is 33.3 Å². The molecule has 0 saturated heterocycles.